The molecule has 4 heteroatoms. The first-order valence-corrected chi connectivity index (χ1v) is 6.92. The maximum atomic E-state index is 12.0. The molecular weight excluding hydrogens is 238 g/mol. The van der Waals surface area contributed by atoms with E-state index in [1.54, 1.807) is 0 Å². The van der Waals surface area contributed by atoms with Crippen molar-refractivity contribution in [2.45, 2.75) is 38.3 Å². The van der Waals surface area contributed by atoms with Crippen LogP contribution in [0.3, 0.4) is 0 Å². The normalized spacial score (nSPS) is 14.1. The van der Waals surface area contributed by atoms with E-state index in [0.29, 0.717) is 13.0 Å². The Labute approximate surface area is 115 Å². The average molecular weight is 263 g/mol. The molecule has 5 N–H and O–H groups in total. The molecule has 1 rings (SSSR count). The van der Waals surface area contributed by atoms with Crippen LogP contribution in [0.4, 0.5) is 0 Å². The van der Waals surface area contributed by atoms with Crippen molar-refractivity contribution < 1.29 is 4.79 Å². The number of nitrogens with one attached hydrogen (secondary N) is 1. The van der Waals surface area contributed by atoms with Gasteiger partial charge in [-0.05, 0) is 44.8 Å². The number of Topliss-reactive ketones (excluding diaryl/α,β-unsaturated/α-hetero) is 1. The third-order valence-electron chi connectivity index (χ3n) is 3.22. The number of rotatable bonds is 9. The Balaban J connectivity index is 2.26. The lowest BCUT2D eigenvalue weighted by atomic mass is 10.0. The minimum atomic E-state index is -0.400. The molecule has 0 bridgehead atoms. The van der Waals surface area contributed by atoms with E-state index in [1.807, 2.05) is 25.1 Å². The first-order chi connectivity index (χ1) is 9.15. The van der Waals surface area contributed by atoms with Crippen molar-refractivity contribution in [2.24, 2.45) is 11.5 Å². The van der Waals surface area contributed by atoms with Gasteiger partial charge in [-0.25, -0.2) is 0 Å². The van der Waals surface area contributed by atoms with Crippen LogP contribution in [0.15, 0.2) is 30.3 Å². The monoisotopic (exact) mass is 263 g/mol. The van der Waals surface area contributed by atoms with Gasteiger partial charge in [-0.15, -0.1) is 0 Å². The van der Waals surface area contributed by atoms with Crippen LogP contribution >= 0.6 is 0 Å². The predicted octanol–water partition coefficient (Wildman–Crippen LogP) is 0.843. The van der Waals surface area contributed by atoms with Crippen LogP contribution in [0.1, 0.15) is 25.3 Å². The highest BCUT2D eigenvalue weighted by Gasteiger charge is 2.19. The van der Waals surface area contributed by atoms with Crippen LogP contribution in [0.25, 0.3) is 0 Å². The van der Waals surface area contributed by atoms with E-state index in [-0.39, 0.29) is 11.8 Å². The van der Waals surface area contributed by atoms with Gasteiger partial charge >= 0.3 is 0 Å². The fourth-order valence-corrected chi connectivity index (χ4v) is 1.98. The molecule has 1 unspecified atom stereocenters. The van der Waals surface area contributed by atoms with Gasteiger partial charge in [-0.3, -0.25) is 4.79 Å². The third kappa shape index (κ3) is 5.96. The maximum absolute atomic E-state index is 12.0. The summed E-state index contributed by atoms with van der Waals surface area (Å²) >= 11 is 0. The Kier molecular flexibility index (Phi) is 7.33. The van der Waals surface area contributed by atoms with Gasteiger partial charge in [-0.2, -0.15) is 0 Å². The molecule has 1 aromatic rings. The van der Waals surface area contributed by atoms with Crippen LogP contribution in [0.5, 0.6) is 0 Å². The smallest absolute Gasteiger partial charge is 0.166 e. The van der Waals surface area contributed by atoms with Crippen LogP contribution in [-0.4, -0.2) is 31.0 Å². The number of hydrogen-bond acceptors (Lipinski definition) is 4. The Morgan fingerprint density at radius 3 is 2.63 bits per heavy atom. The van der Waals surface area contributed by atoms with Crippen molar-refractivity contribution in [3.8, 4) is 0 Å². The summed E-state index contributed by atoms with van der Waals surface area (Å²) in [6.45, 7) is 3.23. The summed E-state index contributed by atoms with van der Waals surface area (Å²) in [5, 5.41) is 3.23. The van der Waals surface area contributed by atoms with Crippen molar-refractivity contribution in [1.29, 1.82) is 0 Å². The molecule has 0 aliphatic rings. The third-order valence-corrected chi connectivity index (χ3v) is 3.22. The van der Waals surface area contributed by atoms with Gasteiger partial charge in [0.1, 0.15) is 0 Å². The molecule has 0 radical (unpaired) electrons. The second-order valence-corrected chi connectivity index (χ2v) is 4.85. The van der Waals surface area contributed by atoms with E-state index < -0.39 is 6.04 Å². The van der Waals surface area contributed by atoms with Gasteiger partial charge in [0.2, 0.25) is 0 Å². The first-order valence-electron chi connectivity index (χ1n) is 6.92. The highest BCUT2D eigenvalue weighted by molar-refractivity contribution is 5.88. The lowest BCUT2D eigenvalue weighted by molar-refractivity contribution is -0.122. The Bertz CT molecular complexity index is 367. The number of nitrogens with two attached hydrogens (primary N) is 2. The van der Waals surface area contributed by atoms with Crippen LogP contribution in [-0.2, 0) is 11.2 Å². The van der Waals surface area contributed by atoms with E-state index in [4.69, 9.17) is 11.5 Å². The first kappa shape index (κ1) is 15.8. The van der Waals surface area contributed by atoms with E-state index in [1.165, 1.54) is 5.56 Å². The molecule has 106 valence electrons. The fraction of sp³-hybridized carbons (Fsp3) is 0.533. The molecule has 19 heavy (non-hydrogen) atoms. The minimum Gasteiger partial charge on any atom is -0.330 e. The van der Waals surface area contributed by atoms with Crippen molar-refractivity contribution in [1.82, 2.24) is 5.32 Å². The van der Waals surface area contributed by atoms with Crippen molar-refractivity contribution in [3.63, 3.8) is 0 Å². The average Bonchev–Trinajstić information content (AvgIpc) is 2.44. The van der Waals surface area contributed by atoms with Crippen LogP contribution < -0.4 is 16.8 Å². The molecule has 0 amide bonds. The molecule has 1 aromatic carbocycles. The van der Waals surface area contributed by atoms with Gasteiger partial charge in [0.25, 0.3) is 0 Å². The molecule has 0 saturated heterocycles. The second-order valence-electron chi connectivity index (χ2n) is 4.85. The zero-order valence-electron chi connectivity index (χ0n) is 11.6. The largest absolute Gasteiger partial charge is 0.330 e. The van der Waals surface area contributed by atoms with E-state index >= 15 is 0 Å². The molecule has 4 nitrogen and oxygen atoms in total. The molecule has 0 fully saturated rings. The molecule has 0 spiro atoms. The number of benzene rings is 1. The Hall–Kier alpha value is -1.23. The van der Waals surface area contributed by atoms with E-state index in [2.05, 4.69) is 17.4 Å². The highest BCUT2D eigenvalue weighted by Crippen LogP contribution is 2.01. The van der Waals surface area contributed by atoms with Gasteiger partial charge in [-0.1, -0.05) is 30.3 Å². The summed E-state index contributed by atoms with van der Waals surface area (Å²) in [5.41, 5.74) is 12.5. The lowest BCUT2D eigenvalue weighted by Gasteiger charge is -2.17. The van der Waals surface area contributed by atoms with Gasteiger partial charge in [0.15, 0.2) is 5.78 Å². The molecule has 0 aromatic heterocycles. The lowest BCUT2D eigenvalue weighted by Crippen LogP contribution is -2.45. The molecular formula is C15H25N3O. The van der Waals surface area contributed by atoms with Gasteiger partial charge in [0.05, 0.1) is 12.1 Å². The quantitative estimate of drug-likeness (QED) is 0.617. The number of carbonyl (C=O) groups excluding carboxylic acids is 1. The van der Waals surface area contributed by atoms with Crippen LogP contribution in [0.2, 0.25) is 0 Å². The standard InChI is InChI=1S/C15H25N3O/c1-12(15(19)14(17)8-5-10-16)18-11-9-13-6-3-2-4-7-13/h2-4,6-7,12,14,18H,5,8-11,16-17H2,1H3/t12?,14-/m1/s1. The summed E-state index contributed by atoms with van der Waals surface area (Å²) in [6, 6.07) is 9.61. The Morgan fingerprint density at radius 1 is 1.32 bits per heavy atom. The van der Waals surface area contributed by atoms with Crippen molar-refractivity contribution >= 4 is 5.78 Å². The SMILES string of the molecule is CC(NCCc1ccccc1)C(=O)[C@H](N)CCCN. The fourth-order valence-electron chi connectivity index (χ4n) is 1.98. The summed E-state index contributed by atoms with van der Waals surface area (Å²) in [5.74, 6) is 0.0708. The summed E-state index contributed by atoms with van der Waals surface area (Å²) in [4.78, 5) is 12.0. The highest BCUT2D eigenvalue weighted by atomic mass is 16.1. The molecule has 2 atom stereocenters. The van der Waals surface area contributed by atoms with E-state index in [9.17, 15) is 4.79 Å². The summed E-state index contributed by atoms with van der Waals surface area (Å²) in [7, 11) is 0. The number of ketones is 1. The number of hydrogen-bond donors (Lipinski definition) is 3. The minimum absolute atomic E-state index is 0.0708. The Morgan fingerprint density at radius 2 is 2.00 bits per heavy atom. The van der Waals surface area contributed by atoms with Crippen LogP contribution in [0, 0.1) is 0 Å². The van der Waals surface area contributed by atoms with Gasteiger partial charge < -0.3 is 16.8 Å². The molecule has 0 aliphatic heterocycles. The predicted molar refractivity (Wildman–Crippen MR) is 78.9 cm³/mol. The molecule has 0 aliphatic carbocycles. The number of carbonyl (C=O) groups is 1. The topological polar surface area (TPSA) is 81.1 Å². The zero-order valence-corrected chi connectivity index (χ0v) is 11.6. The summed E-state index contributed by atoms with van der Waals surface area (Å²) < 4.78 is 0. The summed E-state index contributed by atoms with van der Waals surface area (Å²) in [6.07, 6.45) is 2.38. The van der Waals surface area contributed by atoms with Gasteiger partial charge in [0, 0.05) is 0 Å². The van der Waals surface area contributed by atoms with Crippen molar-refractivity contribution in [3.05, 3.63) is 35.9 Å². The van der Waals surface area contributed by atoms with E-state index in [0.717, 1.165) is 19.4 Å². The van der Waals surface area contributed by atoms with Crippen molar-refractivity contribution in [2.75, 3.05) is 13.1 Å². The molecule has 0 saturated carbocycles. The maximum Gasteiger partial charge on any atom is 0.166 e. The molecule has 0 heterocycles. The second kappa shape index (κ2) is 8.80. The zero-order chi connectivity index (χ0) is 14.1.